The maximum atomic E-state index is 13.2. The Morgan fingerprint density at radius 3 is 2.67 bits per heavy atom. The van der Waals surface area contributed by atoms with Crippen LogP contribution in [0.15, 0.2) is 24.3 Å². The van der Waals surface area contributed by atoms with Gasteiger partial charge in [-0.15, -0.1) is 0 Å². The molecule has 5 rings (SSSR count). The van der Waals surface area contributed by atoms with Crippen LogP contribution in [0.25, 0.3) is 0 Å². The fourth-order valence-corrected chi connectivity index (χ4v) is 5.17. The second kappa shape index (κ2) is 6.89. The number of hydrogen-bond donors (Lipinski definition) is 1. The van der Waals surface area contributed by atoms with Crippen LogP contribution in [0.2, 0.25) is 0 Å². The Labute approximate surface area is 164 Å². The summed E-state index contributed by atoms with van der Waals surface area (Å²) in [5.41, 5.74) is 2.61. The molecule has 1 aromatic carbocycles. The molecular formula is C21H26N4OS. The highest BCUT2D eigenvalue weighted by molar-refractivity contribution is 7.71. The van der Waals surface area contributed by atoms with Crippen LogP contribution >= 0.6 is 12.2 Å². The topological polar surface area (TPSA) is 53.9 Å². The molecule has 2 heterocycles. The number of benzene rings is 1. The largest absolute Gasteiger partial charge is 0.342 e. The Bertz CT molecular complexity index is 905. The zero-order valence-electron chi connectivity index (χ0n) is 15.6. The number of aromatic nitrogens is 3. The summed E-state index contributed by atoms with van der Waals surface area (Å²) in [7, 11) is 0. The Kier molecular flexibility index (Phi) is 4.38. The first-order chi connectivity index (χ1) is 13.2. The van der Waals surface area contributed by atoms with Gasteiger partial charge in [-0.2, -0.15) is 5.10 Å². The predicted molar refractivity (Wildman–Crippen MR) is 106 cm³/mol. The van der Waals surface area contributed by atoms with Crippen molar-refractivity contribution >= 4 is 18.1 Å². The highest BCUT2D eigenvalue weighted by Gasteiger charge is 2.35. The lowest BCUT2D eigenvalue weighted by molar-refractivity contribution is -0.134. The van der Waals surface area contributed by atoms with Gasteiger partial charge >= 0.3 is 0 Å². The van der Waals surface area contributed by atoms with E-state index in [0.717, 1.165) is 55.8 Å². The number of hydrogen-bond acceptors (Lipinski definition) is 3. The van der Waals surface area contributed by atoms with Gasteiger partial charge in [0.05, 0.1) is 5.92 Å². The van der Waals surface area contributed by atoms with Gasteiger partial charge in [-0.05, 0) is 68.3 Å². The van der Waals surface area contributed by atoms with Gasteiger partial charge in [0.25, 0.3) is 0 Å². The summed E-state index contributed by atoms with van der Waals surface area (Å²) in [4.78, 5) is 15.3. The van der Waals surface area contributed by atoms with Crippen LogP contribution in [0.3, 0.4) is 0 Å². The molecule has 1 amide bonds. The van der Waals surface area contributed by atoms with Crippen molar-refractivity contribution < 1.29 is 4.79 Å². The van der Waals surface area contributed by atoms with Crippen LogP contribution in [-0.4, -0.2) is 38.7 Å². The van der Waals surface area contributed by atoms with Crippen LogP contribution in [0.1, 0.15) is 73.4 Å². The van der Waals surface area contributed by atoms with E-state index in [-0.39, 0.29) is 5.92 Å². The third-order valence-corrected chi connectivity index (χ3v) is 6.77. The molecule has 1 aliphatic heterocycles. The summed E-state index contributed by atoms with van der Waals surface area (Å²) in [5, 5.41) is 7.52. The number of likely N-dealkylation sites (tertiary alicyclic amines) is 1. The van der Waals surface area contributed by atoms with E-state index in [0.29, 0.717) is 17.9 Å². The monoisotopic (exact) mass is 382 g/mol. The van der Waals surface area contributed by atoms with Crippen molar-refractivity contribution in [1.82, 2.24) is 19.7 Å². The van der Waals surface area contributed by atoms with Crippen molar-refractivity contribution in [1.29, 1.82) is 0 Å². The molecular weight excluding hydrogens is 356 g/mol. The molecule has 1 saturated heterocycles. The Balaban J connectivity index is 1.29. The number of piperidine rings is 1. The summed E-state index contributed by atoms with van der Waals surface area (Å²) < 4.78 is 2.99. The number of nitrogens with one attached hydrogen (secondary N) is 1. The third-order valence-electron chi connectivity index (χ3n) is 6.48. The van der Waals surface area contributed by atoms with E-state index < -0.39 is 0 Å². The molecule has 2 fully saturated rings. The van der Waals surface area contributed by atoms with E-state index in [4.69, 9.17) is 12.2 Å². The number of aryl methyl sites for hydroxylation is 1. The van der Waals surface area contributed by atoms with Crippen LogP contribution in [0.5, 0.6) is 0 Å². The first kappa shape index (κ1) is 17.2. The fraction of sp³-hybridized carbons (Fsp3) is 0.571. The summed E-state index contributed by atoms with van der Waals surface area (Å²) in [6.45, 7) is 1.65. The molecule has 0 bridgehead atoms. The van der Waals surface area contributed by atoms with E-state index >= 15 is 0 Å². The highest BCUT2D eigenvalue weighted by atomic mass is 32.1. The van der Waals surface area contributed by atoms with E-state index in [9.17, 15) is 4.79 Å². The average molecular weight is 383 g/mol. The summed E-state index contributed by atoms with van der Waals surface area (Å²) in [6, 6.07) is 9.03. The molecule has 1 atom stereocenters. The van der Waals surface area contributed by atoms with Gasteiger partial charge in [0.15, 0.2) is 4.77 Å². The molecule has 1 unspecified atom stereocenters. The zero-order valence-corrected chi connectivity index (χ0v) is 16.4. The van der Waals surface area contributed by atoms with Crippen LogP contribution in [0, 0.1) is 4.77 Å². The van der Waals surface area contributed by atoms with Crippen LogP contribution < -0.4 is 0 Å². The normalized spacial score (nSPS) is 23.3. The lowest BCUT2D eigenvalue weighted by Gasteiger charge is -2.35. The lowest BCUT2D eigenvalue weighted by atomic mass is 9.81. The number of fused-ring (bicyclic) bond motifs is 1. The van der Waals surface area contributed by atoms with Gasteiger partial charge in [0, 0.05) is 25.0 Å². The molecule has 1 N–H and O–H groups in total. The van der Waals surface area contributed by atoms with Crippen molar-refractivity contribution in [3.63, 3.8) is 0 Å². The minimum Gasteiger partial charge on any atom is -0.342 e. The second-order valence-electron chi connectivity index (χ2n) is 8.23. The number of aromatic amines is 1. The van der Waals surface area contributed by atoms with Crippen molar-refractivity contribution in [2.24, 2.45) is 0 Å². The quantitative estimate of drug-likeness (QED) is 0.813. The fourth-order valence-electron chi connectivity index (χ4n) is 4.88. The zero-order chi connectivity index (χ0) is 18.4. The number of amides is 1. The maximum absolute atomic E-state index is 13.2. The smallest absolute Gasteiger partial charge is 0.230 e. The number of carbonyl (C=O) groups excluding carboxylic acids is 1. The first-order valence-electron chi connectivity index (χ1n) is 10.3. The Morgan fingerprint density at radius 1 is 1.11 bits per heavy atom. The van der Waals surface area contributed by atoms with Crippen molar-refractivity contribution in [3.05, 3.63) is 46.0 Å². The number of nitrogens with zero attached hydrogens (tertiary/aromatic N) is 3. The minimum absolute atomic E-state index is 0.0486. The highest BCUT2D eigenvalue weighted by Crippen LogP contribution is 2.39. The van der Waals surface area contributed by atoms with Crippen molar-refractivity contribution in [3.8, 4) is 0 Å². The Morgan fingerprint density at radius 2 is 1.89 bits per heavy atom. The van der Waals surface area contributed by atoms with Crippen LogP contribution in [0.4, 0.5) is 0 Å². The van der Waals surface area contributed by atoms with E-state index in [1.165, 1.54) is 24.0 Å². The molecule has 2 aromatic rings. The summed E-state index contributed by atoms with van der Waals surface area (Å²) >= 11 is 5.43. The Hall–Kier alpha value is -1.95. The van der Waals surface area contributed by atoms with Gasteiger partial charge in [-0.1, -0.05) is 24.3 Å². The molecule has 5 nitrogen and oxygen atoms in total. The standard InChI is InChI=1S/C21H26N4OS/c26-20(18-7-3-5-14-4-1-2-6-17(14)18)24-12-10-15(11-13-24)19-22-23-21(27)25(19)16-8-9-16/h1-2,4,6,15-16,18H,3,5,7-13H2,(H,23,27). The number of H-pyrrole nitrogens is 1. The SMILES string of the molecule is O=C(C1CCCc2ccccc21)N1CCC(c2n[nH]c(=S)n2C2CC2)CC1. The van der Waals surface area contributed by atoms with Gasteiger partial charge < -0.3 is 9.47 Å². The molecule has 6 heteroatoms. The molecule has 2 aliphatic carbocycles. The summed E-state index contributed by atoms with van der Waals surface area (Å²) in [6.07, 6.45) is 7.57. The maximum Gasteiger partial charge on any atom is 0.230 e. The van der Waals surface area contributed by atoms with E-state index in [2.05, 4.69) is 43.9 Å². The van der Waals surface area contributed by atoms with Gasteiger partial charge in [-0.3, -0.25) is 9.89 Å². The first-order valence-corrected chi connectivity index (χ1v) is 10.7. The van der Waals surface area contributed by atoms with Crippen LogP contribution in [-0.2, 0) is 11.2 Å². The van der Waals surface area contributed by atoms with E-state index in [1.54, 1.807) is 0 Å². The molecule has 0 radical (unpaired) electrons. The number of rotatable bonds is 3. The van der Waals surface area contributed by atoms with E-state index in [1.807, 2.05) is 0 Å². The number of carbonyl (C=O) groups is 1. The molecule has 3 aliphatic rings. The third kappa shape index (κ3) is 3.14. The lowest BCUT2D eigenvalue weighted by Crippen LogP contribution is -2.41. The van der Waals surface area contributed by atoms with Gasteiger partial charge in [0.1, 0.15) is 5.82 Å². The van der Waals surface area contributed by atoms with Gasteiger partial charge in [-0.25, -0.2) is 0 Å². The van der Waals surface area contributed by atoms with Gasteiger partial charge in [0.2, 0.25) is 5.91 Å². The second-order valence-corrected chi connectivity index (χ2v) is 8.62. The minimum atomic E-state index is 0.0486. The van der Waals surface area contributed by atoms with Crippen molar-refractivity contribution in [2.45, 2.75) is 62.8 Å². The molecule has 142 valence electrons. The molecule has 1 aromatic heterocycles. The predicted octanol–water partition coefficient (Wildman–Crippen LogP) is 4.10. The molecule has 27 heavy (non-hydrogen) atoms. The molecule has 0 spiro atoms. The van der Waals surface area contributed by atoms with Crippen molar-refractivity contribution in [2.75, 3.05) is 13.1 Å². The summed E-state index contributed by atoms with van der Waals surface area (Å²) in [5.74, 6) is 1.88. The average Bonchev–Trinajstić information content (AvgIpc) is 3.48. The molecule has 1 saturated carbocycles.